The van der Waals surface area contributed by atoms with Gasteiger partial charge in [-0.05, 0) is 120 Å². The molecule has 10 rings (SSSR count). The van der Waals surface area contributed by atoms with Gasteiger partial charge >= 0.3 is 0 Å². The molecule has 2 aromatic heterocycles. The normalized spacial score (nSPS) is 11.1. The molecule has 0 radical (unpaired) electrons. The lowest BCUT2D eigenvalue weighted by Gasteiger charge is -2.10. The number of ether oxygens (including phenoxy) is 2. The van der Waals surface area contributed by atoms with E-state index in [9.17, 15) is 9.59 Å². The number of hydrogen-bond acceptors (Lipinski definition) is 7. The molecule has 0 aliphatic carbocycles. The summed E-state index contributed by atoms with van der Waals surface area (Å²) in [7, 11) is 0. The van der Waals surface area contributed by atoms with Crippen LogP contribution in [0.15, 0.2) is 194 Å². The van der Waals surface area contributed by atoms with Crippen LogP contribution in [0, 0.1) is 0 Å². The number of carbonyl (C=O) groups is 2. The summed E-state index contributed by atoms with van der Waals surface area (Å²) >= 11 is 11.9. The van der Waals surface area contributed by atoms with Gasteiger partial charge in [0.2, 0.25) is 0 Å². The van der Waals surface area contributed by atoms with Crippen LogP contribution in [-0.4, -0.2) is 31.8 Å². The predicted octanol–water partition coefficient (Wildman–Crippen LogP) is 14.4. The number of halogens is 2. The number of fused-ring (bicyclic) bond motifs is 2. The molecule has 68 heavy (non-hydrogen) atoms. The van der Waals surface area contributed by atoms with Crippen LogP contribution in [0.25, 0.3) is 46.1 Å². The summed E-state index contributed by atoms with van der Waals surface area (Å²) in [6.07, 6.45) is 7.78. The van der Waals surface area contributed by atoms with Crippen LogP contribution in [0.2, 0.25) is 10.0 Å². The molecule has 12 heteroatoms. The Morgan fingerprint density at radius 3 is 1.75 bits per heavy atom. The fourth-order valence-corrected chi connectivity index (χ4v) is 7.40. The number of carbonyl (C=O) groups excluding carboxylic acids is 2. The van der Waals surface area contributed by atoms with Crippen LogP contribution in [0.1, 0.15) is 43.2 Å². The fraction of sp³-hybridized carbons (Fsp3) is 0. The monoisotopic (exact) mass is 930 g/mol. The maximum absolute atomic E-state index is 13.5. The van der Waals surface area contributed by atoms with E-state index in [1.807, 2.05) is 158 Å². The van der Waals surface area contributed by atoms with Crippen molar-refractivity contribution in [2.24, 2.45) is 0 Å². The van der Waals surface area contributed by atoms with Crippen molar-refractivity contribution in [3.8, 4) is 23.0 Å². The molecular formula is C56H40Cl2N6O4. The molecule has 8 aromatic carbocycles. The molecule has 0 saturated carbocycles. The van der Waals surface area contributed by atoms with Gasteiger partial charge in [-0.3, -0.25) is 14.7 Å². The van der Waals surface area contributed by atoms with Crippen LogP contribution in [0.3, 0.4) is 0 Å². The Morgan fingerprint density at radius 2 is 1.10 bits per heavy atom. The number of nitrogens with two attached hydrogens (primary N) is 1. The molecule has 0 unspecified atom stereocenters. The van der Waals surface area contributed by atoms with Gasteiger partial charge in [0.05, 0.1) is 22.4 Å². The number of aromatic amines is 1. The van der Waals surface area contributed by atoms with E-state index in [2.05, 4.69) is 20.6 Å². The summed E-state index contributed by atoms with van der Waals surface area (Å²) in [5, 5.41) is 18.2. The van der Waals surface area contributed by atoms with Crippen molar-refractivity contribution in [3.63, 3.8) is 0 Å². The van der Waals surface area contributed by atoms with Crippen molar-refractivity contribution >= 4 is 92.5 Å². The lowest BCUT2D eigenvalue weighted by molar-refractivity contribution is 0.0949. The zero-order valence-corrected chi connectivity index (χ0v) is 37.6. The van der Waals surface area contributed by atoms with Gasteiger partial charge in [0.25, 0.3) is 11.8 Å². The van der Waals surface area contributed by atoms with Crippen LogP contribution in [-0.2, 0) is 0 Å². The van der Waals surface area contributed by atoms with Crippen molar-refractivity contribution in [3.05, 3.63) is 238 Å². The minimum atomic E-state index is -0.255. The van der Waals surface area contributed by atoms with E-state index in [1.165, 1.54) is 4.68 Å². The number of amides is 1. The third-order valence-corrected chi connectivity index (χ3v) is 11.0. The van der Waals surface area contributed by atoms with E-state index in [1.54, 1.807) is 60.7 Å². The van der Waals surface area contributed by atoms with Crippen molar-refractivity contribution < 1.29 is 19.1 Å². The van der Waals surface area contributed by atoms with Crippen LogP contribution < -0.4 is 20.5 Å². The highest BCUT2D eigenvalue weighted by atomic mass is 35.5. The molecule has 0 aliphatic heterocycles. The first kappa shape index (κ1) is 44.5. The van der Waals surface area contributed by atoms with Crippen LogP contribution in [0.4, 0.5) is 11.4 Å². The number of nitrogen functional groups attached to an aromatic ring is 1. The first-order valence-corrected chi connectivity index (χ1v) is 22.1. The first-order chi connectivity index (χ1) is 33.2. The SMILES string of the molecule is Nc1cccc(Oc2ccc3c(/C=C/c4ccc(Cl)cc4)n[nH]c3c2)c1.O=C(Nc1cccc(Oc2ccc3c(/C=C/c4ccc(Cl)cc4)nn(C(=O)c4ccccc4)c3c2)c1)c1ccccc1. The molecule has 332 valence electrons. The Bertz CT molecular complexity index is 3440. The number of rotatable bonds is 11. The van der Waals surface area contributed by atoms with Crippen molar-refractivity contribution in [1.82, 2.24) is 20.0 Å². The van der Waals surface area contributed by atoms with Gasteiger partial charge in [0, 0.05) is 67.6 Å². The van der Waals surface area contributed by atoms with E-state index >= 15 is 0 Å². The third-order valence-electron chi connectivity index (χ3n) is 10.5. The van der Waals surface area contributed by atoms with E-state index in [0.717, 1.165) is 43.9 Å². The molecule has 10 aromatic rings. The highest BCUT2D eigenvalue weighted by Crippen LogP contribution is 2.31. The Kier molecular flexibility index (Phi) is 13.5. The van der Waals surface area contributed by atoms with Crippen molar-refractivity contribution in [1.29, 1.82) is 0 Å². The minimum Gasteiger partial charge on any atom is -0.457 e. The maximum Gasteiger partial charge on any atom is 0.278 e. The number of nitrogens with one attached hydrogen (secondary N) is 2. The Balaban J connectivity index is 0.000000190. The van der Waals surface area contributed by atoms with E-state index < -0.39 is 0 Å². The number of anilines is 2. The van der Waals surface area contributed by atoms with Crippen LogP contribution >= 0.6 is 23.2 Å². The van der Waals surface area contributed by atoms with Crippen LogP contribution in [0.5, 0.6) is 23.0 Å². The second kappa shape index (κ2) is 20.6. The van der Waals surface area contributed by atoms with Gasteiger partial charge in [-0.2, -0.15) is 14.9 Å². The molecule has 0 saturated heterocycles. The van der Waals surface area contributed by atoms with Gasteiger partial charge < -0.3 is 20.5 Å². The Morgan fingerprint density at radius 1 is 0.544 bits per heavy atom. The van der Waals surface area contributed by atoms with Crippen molar-refractivity contribution in [2.75, 3.05) is 11.1 Å². The number of benzene rings is 8. The fourth-order valence-electron chi connectivity index (χ4n) is 7.15. The van der Waals surface area contributed by atoms with E-state index in [4.69, 9.17) is 38.4 Å². The number of hydrogen-bond donors (Lipinski definition) is 3. The molecule has 0 atom stereocenters. The second-order valence-electron chi connectivity index (χ2n) is 15.4. The summed E-state index contributed by atoms with van der Waals surface area (Å²) in [6, 6.07) is 59.0. The van der Waals surface area contributed by atoms with E-state index in [-0.39, 0.29) is 11.8 Å². The standard InChI is InChI=1S/C35H24ClN3O3.C21H16ClN3O/c36-27-17-14-24(15-18-27)16-21-32-31-20-19-30(23-33(31)39(38-32)35(41)26-10-5-2-6-11-26)42-29-13-7-12-28(22-29)37-34(40)25-8-3-1-4-9-25;22-15-7-4-14(5-8-15)6-11-20-19-10-9-18(13-21(19)25-24-20)26-17-3-1-2-16(23)12-17/h1-23H,(H,37,40);1-13H,23H2,(H,24,25)/b21-16+;11-6+. The summed E-state index contributed by atoms with van der Waals surface area (Å²) in [4.78, 5) is 26.1. The third kappa shape index (κ3) is 11.0. The second-order valence-corrected chi connectivity index (χ2v) is 16.2. The summed E-state index contributed by atoms with van der Waals surface area (Å²) in [5.41, 5.74) is 13.2. The maximum atomic E-state index is 13.5. The van der Waals surface area contributed by atoms with Gasteiger partial charge in [-0.1, -0.05) is 108 Å². The average molecular weight is 932 g/mol. The Labute approximate surface area is 401 Å². The summed E-state index contributed by atoms with van der Waals surface area (Å²) < 4.78 is 13.4. The molecule has 10 nitrogen and oxygen atoms in total. The van der Waals surface area contributed by atoms with E-state index in [0.29, 0.717) is 56.0 Å². The predicted molar refractivity (Wildman–Crippen MR) is 275 cm³/mol. The number of H-pyrrole nitrogens is 1. The minimum absolute atomic E-state index is 0.211. The highest BCUT2D eigenvalue weighted by Gasteiger charge is 2.18. The molecule has 2 heterocycles. The Hall–Kier alpha value is -8.70. The first-order valence-electron chi connectivity index (χ1n) is 21.4. The molecule has 4 N–H and O–H groups in total. The largest absolute Gasteiger partial charge is 0.457 e. The number of nitrogens with zero attached hydrogens (tertiary/aromatic N) is 3. The highest BCUT2D eigenvalue weighted by molar-refractivity contribution is 6.30. The molecule has 1 amide bonds. The topological polar surface area (TPSA) is 137 Å². The summed E-state index contributed by atoms with van der Waals surface area (Å²) in [6.45, 7) is 0. The zero-order chi connectivity index (χ0) is 46.8. The number of aromatic nitrogens is 4. The van der Waals surface area contributed by atoms with Gasteiger partial charge in [-0.25, -0.2) is 0 Å². The molecular weight excluding hydrogens is 892 g/mol. The molecule has 0 spiro atoms. The zero-order valence-electron chi connectivity index (χ0n) is 36.1. The quantitative estimate of drug-likeness (QED) is 0.110. The lowest BCUT2D eigenvalue weighted by atomic mass is 10.1. The van der Waals surface area contributed by atoms with Gasteiger partial charge in [0.15, 0.2) is 0 Å². The van der Waals surface area contributed by atoms with Gasteiger partial charge in [-0.15, -0.1) is 0 Å². The lowest BCUT2D eigenvalue weighted by Crippen LogP contribution is -2.13. The smallest absolute Gasteiger partial charge is 0.278 e. The average Bonchev–Trinajstić information content (AvgIpc) is 3.94. The summed E-state index contributed by atoms with van der Waals surface area (Å²) in [5.74, 6) is 2.01. The van der Waals surface area contributed by atoms with Gasteiger partial charge in [0.1, 0.15) is 23.0 Å². The molecule has 0 bridgehead atoms. The molecule has 0 fully saturated rings. The molecule has 0 aliphatic rings. The van der Waals surface area contributed by atoms with Crippen molar-refractivity contribution in [2.45, 2.75) is 0 Å².